The molecule has 2 aliphatic rings. The Bertz CT molecular complexity index is 953. The third-order valence-corrected chi connectivity index (χ3v) is 4.63. The van der Waals surface area contributed by atoms with Gasteiger partial charge < -0.3 is 14.8 Å². The molecule has 0 spiro atoms. The number of ketones is 1. The normalized spacial score (nSPS) is 19.9. The standard InChI is InChI=1S/C21H21N3O4/c1-21(2)11-14(25)10-17(28-21)20(26)24-12-15-9-13-5-3-6-16(18(13)27-15)19-22-7-4-8-23-19/h3-8,10,15H,9,11-12H2,1-2H3,(H,24,26). The molecule has 144 valence electrons. The van der Waals surface area contributed by atoms with Crippen molar-refractivity contribution in [3.8, 4) is 17.1 Å². The van der Waals surface area contributed by atoms with E-state index in [4.69, 9.17) is 9.47 Å². The van der Waals surface area contributed by atoms with Gasteiger partial charge in [-0.1, -0.05) is 12.1 Å². The second-order valence-corrected chi connectivity index (χ2v) is 7.53. The van der Waals surface area contributed by atoms with E-state index >= 15 is 0 Å². The Morgan fingerprint density at radius 3 is 2.79 bits per heavy atom. The monoisotopic (exact) mass is 379 g/mol. The van der Waals surface area contributed by atoms with Crippen LogP contribution in [0.5, 0.6) is 5.75 Å². The maximum Gasteiger partial charge on any atom is 0.286 e. The van der Waals surface area contributed by atoms with Crippen molar-refractivity contribution in [2.75, 3.05) is 6.54 Å². The summed E-state index contributed by atoms with van der Waals surface area (Å²) in [6, 6.07) is 7.63. The van der Waals surface area contributed by atoms with Gasteiger partial charge in [-0.2, -0.15) is 0 Å². The van der Waals surface area contributed by atoms with Gasteiger partial charge in [0, 0.05) is 31.3 Å². The molecule has 0 fully saturated rings. The van der Waals surface area contributed by atoms with Gasteiger partial charge in [-0.05, 0) is 31.5 Å². The zero-order valence-corrected chi connectivity index (χ0v) is 15.8. The Morgan fingerprint density at radius 1 is 1.25 bits per heavy atom. The Balaban J connectivity index is 1.42. The molecule has 1 aromatic heterocycles. The number of allylic oxidation sites excluding steroid dienone is 1. The molecule has 1 N–H and O–H groups in total. The number of carbonyl (C=O) groups is 2. The minimum atomic E-state index is -0.677. The third kappa shape index (κ3) is 3.74. The zero-order valence-electron chi connectivity index (χ0n) is 15.8. The van der Waals surface area contributed by atoms with Gasteiger partial charge in [0.2, 0.25) is 0 Å². The minimum absolute atomic E-state index is 0.0511. The summed E-state index contributed by atoms with van der Waals surface area (Å²) in [5.41, 5.74) is 1.20. The van der Waals surface area contributed by atoms with Crippen LogP contribution in [0.4, 0.5) is 0 Å². The second-order valence-electron chi connectivity index (χ2n) is 7.53. The highest BCUT2D eigenvalue weighted by molar-refractivity contribution is 6.01. The van der Waals surface area contributed by atoms with Gasteiger partial charge in [0.05, 0.1) is 12.1 Å². The highest BCUT2D eigenvalue weighted by Gasteiger charge is 2.32. The summed E-state index contributed by atoms with van der Waals surface area (Å²) in [4.78, 5) is 32.8. The van der Waals surface area contributed by atoms with E-state index in [9.17, 15) is 9.59 Å². The molecule has 7 heteroatoms. The highest BCUT2D eigenvalue weighted by Crippen LogP contribution is 2.37. The van der Waals surface area contributed by atoms with Crippen molar-refractivity contribution in [3.63, 3.8) is 0 Å². The molecule has 0 saturated heterocycles. The average Bonchev–Trinajstić information content (AvgIpc) is 3.08. The molecule has 1 unspecified atom stereocenters. The Labute approximate surface area is 162 Å². The lowest BCUT2D eigenvalue weighted by molar-refractivity contribution is -0.131. The highest BCUT2D eigenvalue weighted by atomic mass is 16.5. The van der Waals surface area contributed by atoms with E-state index < -0.39 is 11.5 Å². The summed E-state index contributed by atoms with van der Waals surface area (Å²) >= 11 is 0. The number of nitrogens with zero attached hydrogens (tertiary/aromatic N) is 2. The Kier molecular flexibility index (Phi) is 4.58. The number of aromatic nitrogens is 2. The molecule has 28 heavy (non-hydrogen) atoms. The Hall–Kier alpha value is -3.22. The molecule has 0 radical (unpaired) electrons. The fourth-order valence-corrected chi connectivity index (χ4v) is 3.45. The van der Waals surface area contributed by atoms with Crippen LogP contribution in [0.1, 0.15) is 25.8 Å². The summed E-state index contributed by atoms with van der Waals surface area (Å²) in [6.07, 6.45) is 5.35. The largest absolute Gasteiger partial charge is 0.487 e. The topological polar surface area (TPSA) is 90.4 Å². The molecule has 4 rings (SSSR count). The summed E-state index contributed by atoms with van der Waals surface area (Å²) in [6.45, 7) is 3.88. The van der Waals surface area contributed by atoms with Crippen molar-refractivity contribution in [2.24, 2.45) is 0 Å². The van der Waals surface area contributed by atoms with Gasteiger partial charge in [-0.3, -0.25) is 9.59 Å². The molecule has 7 nitrogen and oxygen atoms in total. The number of para-hydroxylation sites is 1. The fraction of sp³-hybridized carbons (Fsp3) is 0.333. The maximum absolute atomic E-state index is 12.4. The van der Waals surface area contributed by atoms with Crippen LogP contribution in [0.2, 0.25) is 0 Å². The summed E-state index contributed by atoms with van der Waals surface area (Å²) in [5, 5.41) is 2.81. The van der Waals surface area contributed by atoms with E-state index in [1.165, 1.54) is 6.08 Å². The quantitative estimate of drug-likeness (QED) is 0.876. The van der Waals surface area contributed by atoms with Gasteiger partial charge in [0.25, 0.3) is 5.91 Å². The smallest absolute Gasteiger partial charge is 0.286 e. The van der Waals surface area contributed by atoms with Gasteiger partial charge in [0.15, 0.2) is 17.4 Å². The first-order valence-electron chi connectivity index (χ1n) is 9.19. The van der Waals surface area contributed by atoms with Crippen LogP contribution in [0.3, 0.4) is 0 Å². The van der Waals surface area contributed by atoms with Crippen LogP contribution in [-0.2, 0) is 20.7 Å². The number of hydrogen-bond acceptors (Lipinski definition) is 6. The summed E-state index contributed by atoms with van der Waals surface area (Å²) < 4.78 is 11.7. The molecule has 0 saturated carbocycles. The maximum atomic E-state index is 12.4. The number of hydrogen-bond donors (Lipinski definition) is 1. The molecule has 1 aromatic carbocycles. The lowest BCUT2D eigenvalue weighted by Gasteiger charge is -2.29. The molecule has 0 bridgehead atoms. The molecule has 1 atom stereocenters. The van der Waals surface area contributed by atoms with E-state index in [2.05, 4.69) is 15.3 Å². The first-order valence-corrected chi connectivity index (χ1v) is 9.19. The predicted molar refractivity (Wildman–Crippen MR) is 101 cm³/mol. The number of fused-ring (bicyclic) bond motifs is 1. The van der Waals surface area contributed by atoms with Gasteiger partial charge in [0.1, 0.15) is 17.5 Å². The number of ether oxygens (including phenoxy) is 2. The van der Waals surface area contributed by atoms with E-state index in [1.807, 2.05) is 18.2 Å². The van der Waals surface area contributed by atoms with Crippen molar-refractivity contribution in [2.45, 2.75) is 38.4 Å². The van der Waals surface area contributed by atoms with Crippen molar-refractivity contribution in [1.29, 1.82) is 0 Å². The third-order valence-electron chi connectivity index (χ3n) is 4.63. The van der Waals surface area contributed by atoms with E-state index in [0.717, 1.165) is 16.9 Å². The van der Waals surface area contributed by atoms with Gasteiger partial charge >= 0.3 is 0 Å². The van der Waals surface area contributed by atoms with Crippen molar-refractivity contribution < 1.29 is 19.1 Å². The number of benzene rings is 1. The first-order chi connectivity index (χ1) is 13.4. The molecule has 1 amide bonds. The first kappa shape index (κ1) is 18.2. The van der Waals surface area contributed by atoms with Crippen LogP contribution < -0.4 is 10.1 Å². The van der Waals surface area contributed by atoms with Crippen LogP contribution >= 0.6 is 0 Å². The van der Waals surface area contributed by atoms with E-state index in [0.29, 0.717) is 18.8 Å². The predicted octanol–water partition coefficient (Wildman–Crippen LogP) is 2.22. The summed E-state index contributed by atoms with van der Waals surface area (Å²) in [5.74, 6) is 0.879. The zero-order chi connectivity index (χ0) is 19.7. The fourth-order valence-electron chi connectivity index (χ4n) is 3.45. The second kappa shape index (κ2) is 7.07. The molecule has 3 heterocycles. The Morgan fingerprint density at radius 2 is 2.04 bits per heavy atom. The molecule has 2 aliphatic heterocycles. The van der Waals surface area contributed by atoms with Crippen LogP contribution in [0.25, 0.3) is 11.4 Å². The lowest BCUT2D eigenvalue weighted by atomic mass is 9.98. The number of amides is 1. The lowest BCUT2D eigenvalue weighted by Crippen LogP contribution is -2.40. The van der Waals surface area contributed by atoms with Crippen LogP contribution in [-0.4, -0.2) is 39.9 Å². The SMILES string of the molecule is CC1(C)CC(=O)C=C(C(=O)NCC2Cc3cccc(-c4ncccn4)c3O2)O1. The summed E-state index contributed by atoms with van der Waals surface area (Å²) in [7, 11) is 0. The van der Waals surface area contributed by atoms with Crippen LogP contribution in [0, 0.1) is 0 Å². The van der Waals surface area contributed by atoms with Crippen molar-refractivity contribution >= 4 is 11.7 Å². The minimum Gasteiger partial charge on any atom is -0.487 e. The number of rotatable bonds is 4. The van der Waals surface area contributed by atoms with E-state index in [1.54, 1.807) is 32.3 Å². The molecular weight excluding hydrogens is 358 g/mol. The molecule has 0 aliphatic carbocycles. The van der Waals surface area contributed by atoms with Gasteiger partial charge in [-0.25, -0.2) is 9.97 Å². The van der Waals surface area contributed by atoms with Crippen molar-refractivity contribution in [1.82, 2.24) is 15.3 Å². The van der Waals surface area contributed by atoms with Gasteiger partial charge in [-0.15, -0.1) is 0 Å². The van der Waals surface area contributed by atoms with E-state index in [-0.39, 0.29) is 24.1 Å². The molecule has 2 aromatic rings. The van der Waals surface area contributed by atoms with Crippen LogP contribution in [0.15, 0.2) is 48.5 Å². The number of nitrogens with one attached hydrogen (secondary N) is 1. The average molecular weight is 379 g/mol. The molecular formula is C21H21N3O4. The van der Waals surface area contributed by atoms with Crippen molar-refractivity contribution in [3.05, 3.63) is 54.1 Å². The number of carbonyl (C=O) groups excluding carboxylic acids is 2.